The van der Waals surface area contributed by atoms with Gasteiger partial charge in [-0.2, -0.15) is 13.2 Å². The van der Waals surface area contributed by atoms with E-state index in [0.717, 1.165) is 49.3 Å². The molecule has 1 aliphatic heterocycles. The molecular weight excluding hydrogens is 453 g/mol. The first kappa shape index (κ1) is 24.8. The predicted octanol–water partition coefficient (Wildman–Crippen LogP) is 5.62. The van der Waals surface area contributed by atoms with Gasteiger partial charge in [0.1, 0.15) is 5.60 Å². The second-order valence-corrected chi connectivity index (χ2v) is 12.0. The summed E-state index contributed by atoms with van der Waals surface area (Å²) in [7, 11) is 0. The average molecular weight is 489 g/mol. The van der Waals surface area contributed by atoms with Gasteiger partial charge in [0.25, 0.3) is 5.19 Å². The molecule has 0 saturated heterocycles. The van der Waals surface area contributed by atoms with Crippen molar-refractivity contribution in [3.05, 3.63) is 10.6 Å². The molecule has 4 rings (SSSR count). The van der Waals surface area contributed by atoms with Gasteiger partial charge >= 0.3 is 12.1 Å². The van der Waals surface area contributed by atoms with Gasteiger partial charge in [-0.25, -0.2) is 4.98 Å². The van der Waals surface area contributed by atoms with Gasteiger partial charge < -0.3 is 9.47 Å². The highest BCUT2D eigenvalue weighted by molar-refractivity contribution is 7.13. The molecule has 2 atom stereocenters. The van der Waals surface area contributed by atoms with Crippen LogP contribution in [0.2, 0.25) is 0 Å². The lowest BCUT2D eigenvalue weighted by atomic mass is 9.71. The van der Waals surface area contributed by atoms with Crippen LogP contribution in [0.1, 0.15) is 69.9 Å². The second-order valence-electron chi connectivity index (χ2n) is 11.0. The molecule has 3 aliphatic rings. The number of ether oxygens (including phenoxy) is 2. The topological polar surface area (TPSA) is 51.7 Å². The van der Waals surface area contributed by atoms with Crippen LogP contribution in [0.3, 0.4) is 0 Å². The second kappa shape index (κ2) is 9.72. The molecule has 2 heterocycles. The van der Waals surface area contributed by atoms with E-state index in [1.54, 1.807) is 0 Å². The van der Waals surface area contributed by atoms with E-state index in [9.17, 15) is 18.0 Å². The van der Waals surface area contributed by atoms with E-state index in [1.165, 1.54) is 24.2 Å². The third kappa shape index (κ3) is 6.84. The molecule has 0 N–H and O–H groups in total. The van der Waals surface area contributed by atoms with Crippen molar-refractivity contribution >= 4 is 17.3 Å². The van der Waals surface area contributed by atoms with Gasteiger partial charge in [0.15, 0.2) is 6.61 Å². The maximum absolute atomic E-state index is 12.4. The van der Waals surface area contributed by atoms with Crippen molar-refractivity contribution in [2.45, 2.75) is 84.0 Å². The molecule has 2 bridgehead atoms. The lowest BCUT2D eigenvalue weighted by molar-refractivity contribution is -0.156. The van der Waals surface area contributed by atoms with E-state index in [0.29, 0.717) is 36.6 Å². The summed E-state index contributed by atoms with van der Waals surface area (Å²) in [5, 5.41) is 0.125. The summed E-state index contributed by atoms with van der Waals surface area (Å²) in [4.78, 5) is 20.0. The Morgan fingerprint density at radius 1 is 1.18 bits per heavy atom. The molecule has 0 radical (unpaired) electrons. The first-order valence-corrected chi connectivity index (χ1v) is 12.9. The fourth-order valence-corrected chi connectivity index (χ4v) is 6.90. The van der Waals surface area contributed by atoms with E-state index >= 15 is 0 Å². The Balaban J connectivity index is 1.24. The van der Waals surface area contributed by atoms with E-state index in [2.05, 4.69) is 9.88 Å². The number of halogens is 3. The monoisotopic (exact) mass is 488 g/mol. The van der Waals surface area contributed by atoms with Gasteiger partial charge in [0.05, 0.1) is 5.69 Å². The van der Waals surface area contributed by atoms with Crippen LogP contribution in [0.5, 0.6) is 5.19 Å². The van der Waals surface area contributed by atoms with Crippen LogP contribution in [0.25, 0.3) is 0 Å². The van der Waals surface area contributed by atoms with Crippen molar-refractivity contribution in [3.8, 4) is 5.19 Å². The van der Waals surface area contributed by atoms with Gasteiger partial charge in [-0.3, -0.25) is 9.69 Å². The highest BCUT2D eigenvalue weighted by Gasteiger charge is 2.43. The highest BCUT2D eigenvalue weighted by atomic mass is 32.1. The number of alkyl halides is 3. The molecular formula is C24H35F3N2O3S. The summed E-state index contributed by atoms with van der Waals surface area (Å²) in [5.74, 6) is 2.46. The van der Waals surface area contributed by atoms with Crippen molar-refractivity contribution < 1.29 is 27.4 Å². The quantitative estimate of drug-likeness (QED) is 0.467. The van der Waals surface area contributed by atoms with Gasteiger partial charge in [0, 0.05) is 24.4 Å². The molecule has 0 amide bonds. The molecule has 0 spiro atoms. The zero-order chi connectivity index (χ0) is 23.8. The number of carbonyl (C=O) groups is 1. The van der Waals surface area contributed by atoms with Crippen molar-refractivity contribution in [1.82, 2.24) is 9.88 Å². The van der Waals surface area contributed by atoms with Crippen LogP contribution in [0.4, 0.5) is 13.2 Å². The van der Waals surface area contributed by atoms with Gasteiger partial charge in [-0.1, -0.05) is 11.3 Å². The first-order chi connectivity index (χ1) is 15.4. The molecule has 9 heteroatoms. The number of esters is 1. The first-order valence-electron chi connectivity index (χ1n) is 12.1. The Hall–Kier alpha value is -1.35. The molecule has 5 nitrogen and oxygen atoms in total. The average Bonchev–Trinajstić information content (AvgIpc) is 3.19. The number of hydrogen-bond donors (Lipinski definition) is 0. The lowest BCUT2D eigenvalue weighted by Gasteiger charge is -2.37. The maximum Gasteiger partial charge on any atom is 0.422 e. The number of rotatable bonds is 7. The largest absolute Gasteiger partial charge is 0.460 e. The minimum absolute atomic E-state index is 0.0729. The van der Waals surface area contributed by atoms with Crippen molar-refractivity contribution in [2.75, 3.05) is 19.7 Å². The van der Waals surface area contributed by atoms with E-state index in [4.69, 9.17) is 9.47 Å². The Morgan fingerprint density at radius 2 is 1.88 bits per heavy atom. The Bertz CT molecular complexity index is 822. The molecule has 33 heavy (non-hydrogen) atoms. The van der Waals surface area contributed by atoms with Crippen LogP contribution in [0.15, 0.2) is 0 Å². The van der Waals surface area contributed by atoms with Gasteiger partial charge in [-0.15, -0.1) is 0 Å². The molecule has 1 aromatic rings. The summed E-state index contributed by atoms with van der Waals surface area (Å²) in [6.45, 7) is 7.04. The summed E-state index contributed by atoms with van der Waals surface area (Å²) < 4.78 is 47.6. The summed E-state index contributed by atoms with van der Waals surface area (Å²) in [6, 6.07) is 0. The van der Waals surface area contributed by atoms with Crippen molar-refractivity contribution in [1.29, 1.82) is 0 Å². The molecule has 2 fully saturated rings. The molecule has 0 aromatic carbocycles. The van der Waals surface area contributed by atoms with Crippen LogP contribution in [-0.2, 0) is 22.5 Å². The van der Waals surface area contributed by atoms with E-state index < -0.39 is 18.4 Å². The SMILES string of the molecule is CC(C)(C)OC(=O)CC1CC2CCC(C1)C2CCN1CCc2sc(OCC(F)(F)F)nc2C1. The molecule has 1 aromatic heterocycles. The number of fused-ring (bicyclic) bond motifs is 3. The van der Waals surface area contributed by atoms with Gasteiger partial charge in [-0.05, 0) is 89.5 Å². The fourth-order valence-electron chi connectivity index (χ4n) is 5.99. The lowest BCUT2D eigenvalue weighted by Crippen LogP contribution is -2.35. The summed E-state index contributed by atoms with van der Waals surface area (Å²) in [5.41, 5.74) is 0.442. The van der Waals surface area contributed by atoms with E-state index in [-0.39, 0.29) is 11.2 Å². The highest BCUT2D eigenvalue weighted by Crippen LogP contribution is 2.51. The van der Waals surface area contributed by atoms with Crippen LogP contribution in [0, 0.1) is 23.7 Å². The summed E-state index contributed by atoms with van der Waals surface area (Å²) in [6.07, 6.45) is 2.92. The Kier molecular flexibility index (Phi) is 7.29. The smallest absolute Gasteiger partial charge is 0.422 e. The number of thiazole rings is 1. The molecule has 2 saturated carbocycles. The minimum atomic E-state index is -4.34. The standard InChI is InChI=1S/C24H35F3N2O3S/c1-23(2,3)32-21(30)12-15-10-16-4-5-17(11-15)18(16)6-8-29-9-7-20-19(13-29)28-22(33-20)31-14-24(25,26)27/h15-18H,4-14H2,1-3H3. The zero-order valence-electron chi connectivity index (χ0n) is 19.7. The van der Waals surface area contributed by atoms with Crippen molar-refractivity contribution in [2.24, 2.45) is 23.7 Å². The fraction of sp³-hybridized carbons (Fsp3) is 0.833. The summed E-state index contributed by atoms with van der Waals surface area (Å²) >= 11 is 1.25. The number of carbonyl (C=O) groups excluding carboxylic acids is 1. The van der Waals surface area contributed by atoms with Crippen LogP contribution < -0.4 is 4.74 Å². The van der Waals surface area contributed by atoms with Gasteiger partial charge in [0.2, 0.25) is 0 Å². The molecule has 2 aliphatic carbocycles. The maximum atomic E-state index is 12.4. The predicted molar refractivity (Wildman–Crippen MR) is 120 cm³/mol. The Labute approximate surface area is 198 Å². The number of aromatic nitrogens is 1. The number of nitrogens with zero attached hydrogens (tertiary/aromatic N) is 2. The molecule has 186 valence electrons. The van der Waals surface area contributed by atoms with Crippen molar-refractivity contribution in [3.63, 3.8) is 0 Å². The third-order valence-electron chi connectivity index (χ3n) is 7.19. The van der Waals surface area contributed by atoms with Crippen LogP contribution in [-0.4, -0.2) is 47.3 Å². The zero-order valence-corrected chi connectivity index (χ0v) is 20.6. The third-order valence-corrected chi connectivity index (χ3v) is 8.26. The van der Waals surface area contributed by atoms with E-state index in [1.807, 2.05) is 20.8 Å². The molecule has 2 unspecified atom stereocenters. The minimum Gasteiger partial charge on any atom is -0.460 e. The number of hydrogen-bond acceptors (Lipinski definition) is 6. The normalized spacial score (nSPS) is 27.9. The Morgan fingerprint density at radius 3 is 2.52 bits per heavy atom. The van der Waals surface area contributed by atoms with Crippen LogP contribution >= 0.6 is 11.3 Å².